The third-order valence-electron chi connectivity index (χ3n) is 0. The van der Waals surface area contributed by atoms with E-state index in [-0.39, 0.29) is 28.5 Å². The topological polar surface area (TPSA) is 48.6 Å². The fourth-order valence-corrected chi connectivity index (χ4v) is 0. The van der Waals surface area contributed by atoms with Crippen LogP contribution in [0, 0.1) is 0 Å². The molecule has 0 aliphatic heterocycles. The Hall–Kier alpha value is 1.32. The maximum absolute atomic E-state index is 8.34. The SMILES string of the molecule is O.[MgH2].[O]=[Sn]. The summed E-state index contributed by atoms with van der Waals surface area (Å²) in [5, 5.41) is 0. The zero-order valence-corrected chi connectivity index (χ0v) is 4.26. The molecule has 0 saturated carbocycles. The van der Waals surface area contributed by atoms with E-state index in [0.717, 1.165) is 0 Å². The maximum atomic E-state index is 8.34. The van der Waals surface area contributed by atoms with Crippen LogP contribution in [0.2, 0.25) is 0 Å². The predicted octanol–water partition coefficient (Wildman–Crippen LogP) is -2.24. The molecule has 2 N–H and O–H groups in total. The summed E-state index contributed by atoms with van der Waals surface area (Å²) >= 11 is 0.300. The average molecular weight is 179 g/mol. The number of rotatable bonds is 0. The molecule has 0 amide bonds. The van der Waals surface area contributed by atoms with Crippen LogP contribution in [0.15, 0.2) is 0 Å². The molecule has 0 unspecified atom stereocenters. The van der Waals surface area contributed by atoms with Crippen molar-refractivity contribution in [3.05, 3.63) is 0 Å². The van der Waals surface area contributed by atoms with E-state index in [2.05, 4.69) is 0 Å². The summed E-state index contributed by atoms with van der Waals surface area (Å²) in [5.41, 5.74) is 0. The van der Waals surface area contributed by atoms with Gasteiger partial charge in [0.2, 0.25) is 0 Å². The third-order valence-corrected chi connectivity index (χ3v) is 0. The second-order valence-electron chi connectivity index (χ2n) is 0. The van der Waals surface area contributed by atoms with Gasteiger partial charge in [0.15, 0.2) is 0 Å². The van der Waals surface area contributed by atoms with Gasteiger partial charge in [0.1, 0.15) is 0 Å². The molecule has 4 heteroatoms. The summed E-state index contributed by atoms with van der Waals surface area (Å²) in [6, 6.07) is 0. The molecule has 0 aromatic carbocycles. The van der Waals surface area contributed by atoms with Crippen LogP contribution in [-0.2, 0) is 3.08 Å². The van der Waals surface area contributed by atoms with Crippen molar-refractivity contribution in [2.75, 3.05) is 0 Å². The van der Waals surface area contributed by atoms with Gasteiger partial charge >= 0.3 is 48.6 Å². The summed E-state index contributed by atoms with van der Waals surface area (Å²) in [4.78, 5) is 0. The van der Waals surface area contributed by atoms with Gasteiger partial charge in [-0.1, -0.05) is 0 Å². The molecular formula is H4MgO2Sn. The summed E-state index contributed by atoms with van der Waals surface area (Å²) < 4.78 is 8.34. The van der Waals surface area contributed by atoms with Crippen molar-refractivity contribution in [3.8, 4) is 0 Å². The van der Waals surface area contributed by atoms with Crippen molar-refractivity contribution in [1.29, 1.82) is 0 Å². The van der Waals surface area contributed by atoms with Gasteiger partial charge < -0.3 is 5.48 Å². The minimum absolute atomic E-state index is 0. The Morgan fingerprint density at radius 2 is 1.25 bits per heavy atom. The Balaban J connectivity index is -0.00000000500. The molecule has 4 heavy (non-hydrogen) atoms. The molecule has 0 aromatic heterocycles. The van der Waals surface area contributed by atoms with Gasteiger partial charge in [0.05, 0.1) is 0 Å². The second-order valence-corrected chi connectivity index (χ2v) is 0. The van der Waals surface area contributed by atoms with Crippen LogP contribution < -0.4 is 0 Å². The Kier molecular flexibility index (Phi) is 125. The molecule has 0 spiro atoms. The van der Waals surface area contributed by atoms with Crippen molar-refractivity contribution in [2.45, 2.75) is 0 Å². The van der Waals surface area contributed by atoms with Gasteiger partial charge in [-0.2, -0.15) is 0 Å². The minimum atomic E-state index is 0. The molecule has 0 aliphatic carbocycles. The summed E-state index contributed by atoms with van der Waals surface area (Å²) in [5.74, 6) is 0. The fraction of sp³-hybridized carbons (Fsp3) is 0. The van der Waals surface area contributed by atoms with E-state index in [9.17, 15) is 0 Å². The molecule has 0 atom stereocenters. The molecule has 0 aliphatic rings. The first-order valence-corrected chi connectivity index (χ1v) is 1.37. The molecule has 22 valence electrons. The normalized spacial score (nSPS) is 1.00. The Morgan fingerprint density at radius 1 is 1.25 bits per heavy atom. The van der Waals surface area contributed by atoms with Crippen LogP contribution in [0.1, 0.15) is 0 Å². The predicted molar refractivity (Wildman–Crippen MR) is 18.6 cm³/mol. The zero-order valence-electron chi connectivity index (χ0n) is 1.41. The van der Waals surface area contributed by atoms with E-state index in [4.69, 9.17) is 3.08 Å². The quantitative estimate of drug-likeness (QED) is 0.388. The van der Waals surface area contributed by atoms with Gasteiger partial charge in [-0.3, -0.25) is 0 Å². The molecule has 0 aromatic rings. The first-order valence-electron chi connectivity index (χ1n) is 0.204. The van der Waals surface area contributed by atoms with Crippen molar-refractivity contribution in [2.24, 2.45) is 0 Å². The fourth-order valence-electron chi connectivity index (χ4n) is 0. The standard InChI is InChI=1S/Mg.H2O.O.Sn.2H/h;1H2;;;;. The Bertz CT molecular complexity index is 6.00. The van der Waals surface area contributed by atoms with E-state index in [0.29, 0.717) is 22.5 Å². The van der Waals surface area contributed by atoms with Crippen LogP contribution in [0.4, 0.5) is 0 Å². The summed E-state index contributed by atoms with van der Waals surface area (Å²) in [7, 11) is 0. The zero-order chi connectivity index (χ0) is 2.00. The molecule has 0 bridgehead atoms. The van der Waals surface area contributed by atoms with Crippen LogP contribution in [0.5, 0.6) is 0 Å². The monoisotopic (exact) mass is 180 g/mol. The van der Waals surface area contributed by atoms with E-state index >= 15 is 0 Å². The van der Waals surface area contributed by atoms with Crippen LogP contribution in [-0.4, -0.2) is 51.0 Å². The first kappa shape index (κ1) is 18.4. The molecule has 0 saturated heterocycles. The number of hydrogen-bond donors (Lipinski definition) is 0. The van der Waals surface area contributed by atoms with E-state index in [1.807, 2.05) is 0 Å². The second kappa shape index (κ2) is 27.2. The van der Waals surface area contributed by atoms with Crippen LogP contribution >= 0.6 is 0 Å². The number of hydrogen-bond acceptors (Lipinski definition) is 1. The molecule has 0 rings (SSSR count). The van der Waals surface area contributed by atoms with E-state index in [1.54, 1.807) is 0 Å². The molecule has 0 heterocycles. The van der Waals surface area contributed by atoms with Crippen molar-refractivity contribution in [1.82, 2.24) is 0 Å². The van der Waals surface area contributed by atoms with Gasteiger partial charge in [0, 0.05) is 0 Å². The van der Waals surface area contributed by atoms with Crippen molar-refractivity contribution >= 4 is 45.6 Å². The molecular weight excluding hydrogens is 175 g/mol. The summed E-state index contributed by atoms with van der Waals surface area (Å²) in [6.45, 7) is 0. The van der Waals surface area contributed by atoms with Gasteiger partial charge in [0.25, 0.3) is 0 Å². The molecule has 2 radical (unpaired) electrons. The molecule has 0 fully saturated rings. The van der Waals surface area contributed by atoms with Crippen LogP contribution in [0.25, 0.3) is 0 Å². The van der Waals surface area contributed by atoms with Crippen molar-refractivity contribution < 1.29 is 8.55 Å². The van der Waals surface area contributed by atoms with Gasteiger partial charge in [-0.25, -0.2) is 0 Å². The van der Waals surface area contributed by atoms with E-state index in [1.165, 1.54) is 0 Å². The van der Waals surface area contributed by atoms with Crippen molar-refractivity contribution in [3.63, 3.8) is 0 Å². The van der Waals surface area contributed by atoms with E-state index < -0.39 is 0 Å². The summed E-state index contributed by atoms with van der Waals surface area (Å²) in [6.07, 6.45) is 0. The third kappa shape index (κ3) is 10.2. The average Bonchev–Trinajstić information content (AvgIpc) is 1.00. The Labute approximate surface area is 53.9 Å². The van der Waals surface area contributed by atoms with Gasteiger partial charge in [-0.05, 0) is 0 Å². The first-order chi connectivity index (χ1) is 1.00. The molecule has 2 nitrogen and oxygen atoms in total. The van der Waals surface area contributed by atoms with Crippen LogP contribution in [0.3, 0.4) is 0 Å². The van der Waals surface area contributed by atoms with Gasteiger partial charge in [-0.15, -0.1) is 0 Å². The Morgan fingerprint density at radius 3 is 1.25 bits per heavy atom.